The van der Waals surface area contributed by atoms with Gasteiger partial charge in [0.2, 0.25) is 0 Å². The summed E-state index contributed by atoms with van der Waals surface area (Å²) >= 11 is 1.30. The summed E-state index contributed by atoms with van der Waals surface area (Å²) in [6.45, 7) is 18.5. The van der Waals surface area contributed by atoms with E-state index >= 15 is 0 Å². The van der Waals surface area contributed by atoms with Crippen molar-refractivity contribution in [3.05, 3.63) is 187 Å². The molecule has 1 atom stereocenters. The van der Waals surface area contributed by atoms with E-state index in [1.165, 1.54) is 123 Å². The first-order valence-corrected chi connectivity index (χ1v) is 22.9. The predicted octanol–water partition coefficient (Wildman–Crippen LogP) is 16.8. The van der Waals surface area contributed by atoms with E-state index in [0.717, 1.165) is 6.42 Å². The van der Waals surface area contributed by atoms with Crippen LogP contribution in [0.1, 0.15) is 110 Å². The molecule has 1 saturated carbocycles. The second kappa shape index (κ2) is 22.7. The first-order valence-electron chi connectivity index (χ1n) is 21.2. The molecule has 0 spiro atoms. The number of rotatable bonds is 3. The molecule has 0 nitrogen and oxygen atoms in total. The predicted molar refractivity (Wildman–Crippen MR) is 269 cm³/mol. The van der Waals surface area contributed by atoms with Crippen molar-refractivity contribution < 1.29 is 24.2 Å². The van der Waals surface area contributed by atoms with E-state index in [0.29, 0.717) is 11.3 Å². The van der Waals surface area contributed by atoms with Gasteiger partial charge in [0.1, 0.15) is 0 Å². The maximum Gasteiger partial charge on any atom is -0.0648 e. The first kappa shape index (κ1) is 51.7. The van der Waals surface area contributed by atoms with Crippen LogP contribution in [0.3, 0.4) is 0 Å². The van der Waals surface area contributed by atoms with Gasteiger partial charge in [-0.15, -0.1) is 70.5 Å². The molecule has 3 aliphatic carbocycles. The van der Waals surface area contributed by atoms with Crippen LogP contribution >= 0.6 is 24.8 Å². The van der Waals surface area contributed by atoms with E-state index in [1.807, 2.05) is 24.3 Å². The summed E-state index contributed by atoms with van der Waals surface area (Å²) in [6.07, 6.45) is 16.0. The zero-order valence-corrected chi connectivity index (χ0v) is 42.1. The summed E-state index contributed by atoms with van der Waals surface area (Å²) in [5.41, 5.74) is 15.5. The van der Waals surface area contributed by atoms with Gasteiger partial charge in [-0.05, 0) is 39.5 Å². The Morgan fingerprint density at radius 3 is 1.77 bits per heavy atom. The van der Waals surface area contributed by atoms with E-state index in [1.54, 1.807) is 5.57 Å². The van der Waals surface area contributed by atoms with Crippen LogP contribution in [-0.2, 0) is 41.5 Å². The van der Waals surface area contributed by atoms with Gasteiger partial charge in [-0.25, -0.2) is 6.08 Å². The zero-order chi connectivity index (χ0) is 41.5. The summed E-state index contributed by atoms with van der Waals surface area (Å²) in [6, 6.07) is 50.1. The maximum absolute atomic E-state index is 3.88. The number of hydrogen-bond acceptors (Lipinski definition) is 0. The summed E-state index contributed by atoms with van der Waals surface area (Å²) in [5.74, 6) is 0.550. The van der Waals surface area contributed by atoms with Gasteiger partial charge in [-0.2, -0.15) is 35.9 Å². The molecule has 0 amide bonds. The third-order valence-corrected chi connectivity index (χ3v) is 12.0. The average molecular weight is 925 g/mol. The normalized spacial score (nSPS) is 15.5. The number of hydrogen-bond donors (Lipinski definition) is 0. The molecule has 0 bridgehead atoms. The molecule has 3 heteroatoms. The van der Waals surface area contributed by atoms with Gasteiger partial charge in [0, 0.05) is 0 Å². The largest absolute Gasteiger partial charge is 0.358 e. The van der Waals surface area contributed by atoms with Crippen LogP contribution in [0.25, 0.3) is 44.2 Å². The van der Waals surface area contributed by atoms with E-state index in [-0.39, 0.29) is 43.1 Å². The molecule has 0 aliphatic heterocycles. The van der Waals surface area contributed by atoms with Crippen molar-refractivity contribution in [2.45, 2.75) is 105 Å². The van der Waals surface area contributed by atoms with Crippen LogP contribution in [0, 0.1) is 37.0 Å². The molecule has 0 radical (unpaired) electrons. The van der Waals surface area contributed by atoms with Gasteiger partial charge < -0.3 is 7.43 Å². The van der Waals surface area contributed by atoms with Crippen LogP contribution in [0.4, 0.5) is 0 Å². The van der Waals surface area contributed by atoms with E-state index < -0.39 is 0 Å². The monoisotopic (exact) mass is 922 g/mol. The Kier molecular flexibility index (Phi) is 19.2. The molecule has 9 rings (SSSR count). The van der Waals surface area contributed by atoms with Gasteiger partial charge in [-0.1, -0.05) is 207 Å². The van der Waals surface area contributed by atoms with Gasteiger partial charge in [0.15, 0.2) is 0 Å². The number of halogens is 2. The fourth-order valence-electron chi connectivity index (χ4n) is 8.75. The minimum absolute atomic E-state index is 0. The minimum Gasteiger partial charge on any atom is -0.358 e. The van der Waals surface area contributed by atoms with Gasteiger partial charge >= 0.3 is 28.4 Å². The van der Waals surface area contributed by atoms with Crippen LogP contribution in [0.5, 0.6) is 0 Å². The molecule has 6 aromatic rings. The van der Waals surface area contributed by atoms with Crippen LogP contribution in [-0.4, -0.2) is 4.21 Å². The third-order valence-electron chi connectivity index (χ3n) is 12.0. The fourth-order valence-corrected chi connectivity index (χ4v) is 8.75. The first-order chi connectivity index (χ1) is 27.8. The van der Waals surface area contributed by atoms with Gasteiger partial charge in [-0.3, -0.25) is 6.08 Å². The molecule has 0 aromatic heterocycles. The van der Waals surface area contributed by atoms with E-state index in [2.05, 4.69) is 187 Å². The quantitative estimate of drug-likeness (QED) is 0.155. The standard InChI is InChI=1S/C33H33.C13H19.C10H7.CH3.CH2.2ClH.Zr/c1-32(2,3)30-20-26-24(18-28(30)22-13-9-7-10-14-22)17-25-19-29(23-15-11-8-12-16-23)31(21-27(25)26)33(4,5)6;1-11-6-7-12(10-11)13(2)8-4-3-5-9-13;1-2-6-10-8-4-3-7-9(10)5-1;;;;;/h7-16,18,20-21H,17H2,1-6H3;7,10-11H,3-5,8-9H2,1-2H3;1-3,5-8H;1H3;1H2;2*1H;/q4*-1;;;;. The third kappa shape index (κ3) is 12.5. The number of benzene rings is 6. The van der Waals surface area contributed by atoms with Crippen LogP contribution in [0.15, 0.2) is 139 Å². The molecule has 0 saturated heterocycles. The average Bonchev–Trinajstić information content (AvgIpc) is 3.84. The molecular formula is C58H66Cl2Zr-4. The Hall–Kier alpha value is -3.61. The molecule has 320 valence electrons. The topological polar surface area (TPSA) is 0 Å². The van der Waals surface area contributed by atoms with Gasteiger partial charge in [0.05, 0.1) is 0 Å². The summed E-state index contributed by atoms with van der Waals surface area (Å²) in [4.78, 5) is 0. The Labute approximate surface area is 397 Å². The smallest absolute Gasteiger partial charge is 0.0648 e. The molecule has 3 aliphatic rings. The van der Waals surface area contributed by atoms with Crippen molar-refractivity contribution >= 4 is 39.8 Å². The molecular weight excluding hydrogens is 859 g/mol. The SMILES string of the molecule is CC(C)(C)c1cc2c([c-]c1-c1ccccc1)Cc1cc(-c3ccccc3)c(C(C)(C)C)cc1-2.CC1[C-]=CC(C2(C)CCCCC2)=C1.Cl.Cl.[CH2]=[Zr].[CH3-].[c-]1ccc2ccccc2c1. The van der Waals surface area contributed by atoms with Crippen molar-refractivity contribution in [2.24, 2.45) is 11.3 Å². The van der Waals surface area contributed by atoms with E-state index in [4.69, 9.17) is 0 Å². The maximum atomic E-state index is 3.88. The summed E-state index contributed by atoms with van der Waals surface area (Å²) in [5, 5.41) is 2.53. The number of fused-ring (bicyclic) bond motifs is 4. The van der Waals surface area contributed by atoms with Gasteiger partial charge in [0.25, 0.3) is 0 Å². The second-order valence-corrected chi connectivity index (χ2v) is 18.5. The Morgan fingerprint density at radius 2 is 1.21 bits per heavy atom. The Morgan fingerprint density at radius 1 is 0.656 bits per heavy atom. The molecule has 61 heavy (non-hydrogen) atoms. The van der Waals surface area contributed by atoms with E-state index in [9.17, 15) is 0 Å². The van der Waals surface area contributed by atoms with Crippen LogP contribution < -0.4 is 0 Å². The summed E-state index contributed by atoms with van der Waals surface area (Å²) < 4.78 is 3.34. The molecule has 6 aromatic carbocycles. The Balaban J connectivity index is 0.000000291. The fraction of sp³-hybridized carbons (Fsp3) is 0.310. The van der Waals surface area contributed by atoms with Crippen molar-refractivity contribution in [3.63, 3.8) is 0 Å². The summed E-state index contributed by atoms with van der Waals surface area (Å²) in [7, 11) is 0. The Bertz CT molecular complexity index is 2200. The second-order valence-electron chi connectivity index (χ2n) is 18.5. The molecule has 1 fully saturated rings. The zero-order valence-electron chi connectivity index (χ0n) is 38.0. The molecule has 0 N–H and O–H groups in total. The molecule has 1 unspecified atom stereocenters. The van der Waals surface area contributed by atoms with Crippen molar-refractivity contribution in [2.75, 3.05) is 0 Å². The minimum atomic E-state index is 0. The molecule has 0 heterocycles. The van der Waals surface area contributed by atoms with Crippen molar-refractivity contribution in [3.8, 4) is 33.4 Å². The van der Waals surface area contributed by atoms with Crippen LogP contribution in [0.2, 0.25) is 0 Å². The van der Waals surface area contributed by atoms with Crippen molar-refractivity contribution in [1.29, 1.82) is 0 Å². The number of allylic oxidation sites excluding steroid dienone is 4. The van der Waals surface area contributed by atoms with Crippen molar-refractivity contribution in [1.82, 2.24) is 0 Å².